The van der Waals surface area contributed by atoms with Gasteiger partial charge in [-0.3, -0.25) is 14.5 Å². The zero-order valence-electron chi connectivity index (χ0n) is 14.5. The zero-order chi connectivity index (χ0) is 18.0. The third-order valence-corrected chi connectivity index (χ3v) is 4.76. The van der Waals surface area contributed by atoms with Crippen molar-refractivity contribution in [3.63, 3.8) is 0 Å². The molecule has 134 valence electrons. The number of carbonyl (C=O) groups excluding carboxylic acids is 3. The first kappa shape index (κ1) is 17.3. The summed E-state index contributed by atoms with van der Waals surface area (Å²) in [6.45, 7) is 5.31. The largest absolute Gasteiger partial charge is 0.442 e. The van der Waals surface area contributed by atoms with Crippen molar-refractivity contribution >= 4 is 23.6 Å². The smallest absolute Gasteiger partial charge is 0.414 e. The fourth-order valence-electron chi connectivity index (χ4n) is 3.34. The van der Waals surface area contributed by atoms with Gasteiger partial charge >= 0.3 is 6.09 Å². The van der Waals surface area contributed by atoms with Gasteiger partial charge in [-0.15, -0.1) is 0 Å². The summed E-state index contributed by atoms with van der Waals surface area (Å²) >= 11 is 0. The number of cyclic esters (lactones) is 1. The van der Waals surface area contributed by atoms with E-state index in [4.69, 9.17) is 4.74 Å². The van der Waals surface area contributed by atoms with E-state index >= 15 is 0 Å². The van der Waals surface area contributed by atoms with Crippen LogP contribution in [0.25, 0.3) is 0 Å². The molecule has 1 N–H and O–H groups in total. The van der Waals surface area contributed by atoms with Crippen molar-refractivity contribution in [3.05, 3.63) is 29.8 Å². The van der Waals surface area contributed by atoms with Gasteiger partial charge in [-0.05, 0) is 24.1 Å². The molecule has 2 atom stereocenters. The normalized spacial score (nSPS) is 22.9. The number of likely N-dealkylation sites (tertiary alicyclic amines) is 1. The Labute approximate surface area is 146 Å². The molecular weight excluding hydrogens is 322 g/mol. The molecule has 3 rings (SSSR count). The Morgan fingerprint density at radius 3 is 2.52 bits per heavy atom. The van der Waals surface area contributed by atoms with Gasteiger partial charge in [0.25, 0.3) is 0 Å². The van der Waals surface area contributed by atoms with Gasteiger partial charge in [-0.2, -0.15) is 0 Å². The number of nitrogens with zero attached hydrogens (tertiary/aromatic N) is 2. The van der Waals surface area contributed by atoms with Crippen LogP contribution in [0.5, 0.6) is 0 Å². The highest BCUT2D eigenvalue weighted by Gasteiger charge is 2.32. The van der Waals surface area contributed by atoms with Crippen molar-refractivity contribution in [2.24, 2.45) is 0 Å². The molecule has 0 aliphatic carbocycles. The van der Waals surface area contributed by atoms with Gasteiger partial charge in [0.05, 0.1) is 13.1 Å². The number of nitrogens with one attached hydrogen (secondary N) is 1. The van der Waals surface area contributed by atoms with Crippen LogP contribution < -0.4 is 10.2 Å². The SMILES string of the molecule is CC(=O)NC[C@H]1CN(c2ccc(C3CCN(C(C)=O)C3)cc2)C(=O)O1. The van der Waals surface area contributed by atoms with Gasteiger partial charge in [0, 0.05) is 38.5 Å². The van der Waals surface area contributed by atoms with Crippen LogP contribution in [0, 0.1) is 0 Å². The van der Waals surface area contributed by atoms with E-state index < -0.39 is 6.09 Å². The number of hydrogen-bond donors (Lipinski definition) is 1. The van der Waals surface area contributed by atoms with Crippen LogP contribution in [0.15, 0.2) is 24.3 Å². The highest BCUT2D eigenvalue weighted by molar-refractivity contribution is 5.89. The maximum atomic E-state index is 12.0. The van der Waals surface area contributed by atoms with Gasteiger partial charge in [0.1, 0.15) is 6.10 Å². The number of amides is 3. The predicted molar refractivity (Wildman–Crippen MR) is 92.4 cm³/mol. The lowest BCUT2D eigenvalue weighted by Gasteiger charge is -2.16. The number of anilines is 1. The molecule has 25 heavy (non-hydrogen) atoms. The quantitative estimate of drug-likeness (QED) is 0.897. The number of carbonyl (C=O) groups is 3. The Morgan fingerprint density at radius 1 is 1.20 bits per heavy atom. The van der Waals surface area contributed by atoms with E-state index in [1.165, 1.54) is 12.5 Å². The molecule has 1 aromatic carbocycles. The molecule has 0 bridgehead atoms. The summed E-state index contributed by atoms with van der Waals surface area (Å²) in [5.41, 5.74) is 1.95. The summed E-state index contributed by atoms with van der Waals surface area (Å²) < 4.78 is 5.28. The minimum absolute atomic E-state index is 0.115. The lowest BCUT2D eigenvalue weighted by molar-refractivity contribution is -0.127. The third kappa shape index (κ3) is 3.92. The first-order valence-electron chi connectivity index (χ1n) is 8.52. The predicted octanol–water partition coefficient (Wildman–Crippen LogP) is 1.48. The number of hydrogen-bond acceptors (Lipinski definition) is 4. The molecule has 1 aromatic rings. The molecule has 0 radical (unpaired) electrons. The Hall–Kier alpha value is -2.57. The second-order valence-corrected chi connectivity index (χ2v) is 6.60. The molecule has 2 aliphatic rings. The first-order valence-corrected chi connectivity index (χ1v) is 8.52. The molecule has 1 unspecified atom stereocenters. The minimum Gasteiger partial charge on any atom is -0.442 e. The van der Waals surface area contributed by atoms with E-state index in [1.807, 2.05) is 29.2 Å². The summed E-state index contributed by atoms with van der Waals surface area (Å²) in [5, 5.41) is 2.66. The Balaban J connectivity index is 1.62. The summed E-state index contributed by atoms with van der Waals surface area (Å²) in [5.74, 6) is 0.315. The van der Waals surface area contributed by atoms with E-state index in [0.29, 0.717) is 19.0 Å². The molecule has 0 spiro atoms. The average Bonchev–Trinajstić information content (AvgIpc) is 3.20. The van der Waals surface area contributed by atoms with Crippen LogP contribution in [0.4, 0.5) is 10.5 Å². The molecule has 7 nitrogen and oxygen atoms in total. The Bertz CT molecular complexity index is 673. The van der Waals surface area contributed by atoms with Crippen molar-refractivity contribution < 1.29 is 19.1 Å². The summed E-state index contributed by atoms with van der Waals surface area (Å²) in [4.78, 5) is 37.9. The number of ether oxygens (including phenoxy) is 1. The lowest BCUT2D eigenvalue weighted by atomic mass is 9.98. The van der Waals surface area contributed by atoms with Crippen LogP contribution in [0.2, 0.25) is 0 Å². The van der Waals surface area contributed by atoms with E-state index in [0.717, 1.165) is 25.2 Å². The minimum atomic E-state index is -0.397. The Kier molecular flexibility index (Phi) is 4.92. The van der Waals surface area contributed by atoms with Crippen molar-refractivity contribution in [3.8, 4) is 0 Å². The van der Waals surface area contributed by atoms with E-state index in [-0.39, 0.29) is 17.9 Å². The molecule has 2 heterocycles. The van der Waals surface area contributed by atoms with Gasteiger partial charge in [0.2, 0.25) is 11.8 Å². The number of benzene rings is 1. The summed E-state index contributed by atoms with van der Waals surface area (Å²) in [6.07, 6.45) is 0.227. The van der Waals surface area contributed by atoms with E-state index in [2.05, 4.69) is 5.32 Å². The van der Waals surface area contributed by atoms with E-state index in [1.54, 1.807) is 11.8 Å². The highest BCUT2D eigenvalue weighted by atomic mass is 16.6. The number of rotatable bonds is 4. The summed E-state index contributed by atoms with van der Waals surface area (Å²) in [7, 11) is 0. The van der Waals surface area contributed by atoms with Gasteiger partial charge in [-0.25, -0.2) is 4.79 Å². The molecule has 2 fully saturated rings. The lowest BCUT2D eigenvalue weighted by Crippen LogP contribution is -2.33. The molecule has 0 saturated carbocycles. The fraction of sp³-hybridized carbons (Fsp3) is 0.500. The Morgan fingerprint density at radius 2 is 1.92 bits per heavy atom. The standard InChI is InChI=1S/C18H23N3O4/c1-12(22)19-9-17-11-21(18(24)25-17)16-5-3-14(4-6-16)15-7-8-20(10-15)13(2)23/h3-6,15,17H,7-11H2,1-2H3,(H,19,22)/t15?,17-/m0/s1. The zero-order valence-corrected chi connectivity index (χ0v) is 14.5. The maximum Gasteiger partial charge on any atom is 0.414 e. The molecule has 7 heteroatoms. The van der Waals surface area contributed by atoms with Gasteiger partial charge in [-0.1, -0.05) is 12.1 Å². The molecule has 0 aromatic heterocycles. The molecule has 2 saturated heterocycles. The fourth-order valence-corrected chi connectivity index (χ4v) is 3.34. The second kappa shape index (κ2) is 7.13. The van der Waals surface area contributed by atoms with Crippen LogP contribution in [-0.4, -0.2) is 55.1 Å². The van der Waals surface area contributed by atoms with Crippen molar-refractivity contribution in [1.29, 1.82) is 0 Å². The monoisotopic (exact) mass is 345 g/mol. The van der Waals surface area contributed by atoms with Crippen LogP contribution in [-0.2, 0) is 14.3 Å². The average molecular weight is 345 g/mol. The van der Waals surface area contributed by atoms with Gasteiger partial charge < -0.3 is 15.0 Å². The summed E-state index contributed by atoms with van der Waals surface area (Å²) in [6, 6.07) is 7.84. The molecule has 3 amide bonds. The third-order valence-electron chi connectivity index (χ3n) is 4.76. The van der Waals surface area contributed by atoms with Crippen molar-refractivity contribution in [2.75, 3.05) is 31.1 Å². The first-order chi connectivity index (χ1) is 11.9. The van der Waals surface area contributed by atoms with Crippen LogP contribution in [0.3, 0.4) is 0 Å². The van der Waals surface area contributed by atoms with Crippen LogP contribution in [0.1, 0.15) is 31.7 Å². The van der Waals surface area contributed by atoms with Crippen molar-refractivity contribution in [1.82, 2.24) is 10.2 Å². The molecular formula is C18H23N3O4. The van der Waals surface area contributed by atoms with E-state index in [9.17, 15) is 14.4 Å². The van der Waals surface area contributed by atoms with Crippen LogP contribution >= 0.6 is 0 Å². The topological polar surface area (TPSA) is 79.0 Å². The molecule has 2 aliphatic heterocycles. The van der Waals surface area contributed by atoms with Gasteiger partial charge in [0.15, 0.2) is 0 Å². The van der Waals surface area contributed by atoms with Crippen molar-refractivity contribution in [2.45, 2.75) is 32.3 Å². The second-order valence-electron chi connectivity index (χ2n) is 6.60. The highest BCUT2D eigenvalue weighted by Crippen LogP contribution is 2.29. The maximum absolute atomic E-state index is 12.0.